The van der Waals surface area contributed by atoms with Crippen LogP contribution in [0.25, 0.3) is 5.65 Å². The third kappa shape index (κ3) is 7.21. The summed E-state index contributed by atoms with van der Waals surface area (Å²) in [7, 11) is 0. The number of hydrogen-bond acceptors (Lipinski definition) is 7. The molecule has 0 aliphatic heterocycles. The molecule has 2 saturated carbocycles. The molecular weight excluding hydrogens is 586 g/mol. The van der Waals surface area contributed by atoms with Gasteiger partial charge in [0.15, 0.2) is 17.2 Å². The molecule has 2 aliphatic carbocycles. The highest BCUT2D eigenvalue weighted by Crippen LogP contribution is 2.47. The minimum atomic E-state index is -4.46. The molecule has 0 bridgehead atoms. The Morgan fingerprint density at radius 2 is 1.91 bits per heavy atom. The number of halogens is 6. The van der Waals surface area contributed by atoms with Crippen LogP contribution in [0.1, 0.15) is 90.8 Å². The first-order valence-electron chi connectivity index (χ1n) is 13.9. The molecule has 2 amide bonds. The van der Waals surface area contributed by atoms with Gasteiger partial charge < -0.3 is 20.3 Å². The van der Waals surface area contributed by atoms with Crippen molar-refractivity contribution in [3.63, 3.8) is 0 Å². The Morgan fingerprint density at radius 1 is 1.19 bits per heavy atom. The van der Waals surface area contributed by atoms with Crippen LogP contribution in [0.5, 0.6) is 5.75 Å². The largest absolute Gasteiger partial charge is 0.485 e. The van der Waals surface area contributed by atoms with Gasteiger partial charge in [-0.2, -0.15) is 18.3 Å². The third-order valence-corrected chi connectivity index (χ3v) is 7.83. The van der Waals surface area contributed by atoms with Crippen LogP contribution < -0.4 is 15.8 Å². The number of carbonyl (C=O) groups excluding carboxylic acids is 2. The third-order valence-electron chi connectivity index (χ3n) is 7.83. The molecule has 0 aromatic carbocycles. The highest BCUT2D eigenvalue weighted by atomic mass is 19.4. The van der Waals surface area contributed by atoms with E-state index in [1.165, 1.54) is 10.7 Å². The maximum Gasteiger partial charge on any atom is 0.389 e. The van der Waals surface area contributed by atoms with E-state index in [9.17, 15) is 35.9 Å². The molecule has 10 nitrogen and oxygen atoms in total. The number of imidazole rings is 1. The molecule has 0 unspecified atom stereocenters. The molecule has 3 heterocycles. The summed E-state index contributed by atoms with van der Waals surface area (Å²) in [6.45, 7) is -1.32. The van der Waals surface area contributed by atoms with Crippen molar-refractivity contribution in [1.82, 2.24) is 25.1 Å². The Bertz CT molecular complexity index is 1460. The maximum atomic E-state index is 14.1. The number of nitrogens with zero attached hydrogens (tertiary/aromatic N) is 4. The molecule has 43 heavy (non-hydrogen) atoms. The lowest BCUT2D eigenvalue weighted by atomic mass is 9.76. The summed E-state index contributed by atoms with van der Waals surface area (Å²) in [5.41, 5.74) is 6.23. The second-order valence-corrected chi connectivity index (χ2v) is 11.1. The number of hydrogen-bond donors (Lipinski definition) is 2. The van der Waals surface area contributed by atoms with Crippen molar-refractivity contribution < 1.29 is 45.2 Å². The van der Waals surface area contributed by atoms with Gasteiger partial charge in [-0.15, -0.1) is 0 Å². The number of fused-ring (bicyclic) bond motifs is 1. The van der Waals surface area contributed by atoms with E-state index in [-0.39, 0.29) is 36.0 Å². The Balaban J connectivity index is 1.49. The van der Waals surface area contributed by atoms with Gasteiger partial charge in [-0.3, -0.25) is 9.59 Å². The SMILES string of the molecule is NC(=O)c1noc([C@H](c2cn3ncc([C@H](NC(=O)CCC(F)(F)F)C4CC4)cc3n2)C2CCC(F)(F)CC2)c1OCCF. The zero-order valence-electron chi connectivity index (χ0n) is 22.9. The second kappa shape index (κ2) is 12.0. The number of aromatic nitrogens is 4. The molecule has 3 aromatic rings. The van der Waals surface area contributed by atoms with Crippen LogP contribution in [0.4, 0.5) is 26.3 Å². The second-order valence-electron chi connectivity index (χ2n) is 11.1. The summed E-state index contributed by atoms with van der Waals surface area (Å²) in [6, 6.07) is 1.08. The first-order chi connectivity index (χ1) is 20.3. The van der Waals surface area contributed by atoms with E-state index in [1.807, 2.05) is 0 Å². The molecule has 5 rings (SSSR count). The quantitative estimate of drug-likeness (QED) is 0.272. The van der Waals surface area contributed by atoms with Crippen LogP contribution in [0.3, 0.4) is 0 Å². The standard InChI is InChI=1S/C27H30F6N6O4/c28-9-10-42-24-22(25(34)41)38-43-23(24)20(14-3-6-26(29,30)7-4-14)17-13-39-18(36-17)11-16(12-35-39)21(15-1-2-15)37-19(40)5-8-27(31,32)33/h11-15,20-21H,1-10H2,(H2,34,41)(H,37,40)/t20-,21+/m0/s1. The minimum absolute atomic E-state index is 0.00567. The van der Waals surface area contributed by atoms with E-state index in [4.69, 9.17) is 15.0 Å². The number of nitrogens with one attached hydrogen (secondary N) is 1. The van der Waals surface area contributed by atoms with Crippen molar-refractivity contribution in [1.29, 1.82) is 0 Å². The molecular formula is C27H30F6N6O4. The molecule has 2 fully saturated rings. The summed E-state index contributed by atoms with van der Waals surface area (Å²) in [4.78, 5) is 29.0. The summed E-state index contributed by atoms with van der Waals surface area (Å²) >= 11 is 0. The fourth-order valence-corrected chi connectivity index (χ4v) is 5.55. The Hall–Kier alpha value is -3.85. The minimum Gasteiger partial charge on any atom is -0.485 e. The van der Waals surface area contributed by atoms with Gasteiger partial charge in [0.1, 0.15) is 13.3 Å². The van der Waals surface area contributed by atoms with Gasteiger partial charge in [-0.1, -0.05) is 5.16 Å². The summed E-state index contributed by atoms with van der Waals surface area (Å²) < 4.78 is 91.4. The van der Waals surface area contributed by atoms with E-state index in [1.54, 1.807) is 12.3 Å². The predicted molar refractivity (Wildman–Crippen MR) is 137 cm³/mol. The van der Waals surface area contributed by atoms with Crippen LogP contribution >= 0.6 is 0 Å². The number of carbonyl (C=O) groups is 2. The van der Waals surface area contributed by atoms with E-state index in [0.717, 1.165) is 12.8 Å². The molecule has 3 N–H and O–H groups in total. The molecule has 3 aromatic heterocycles. The summed E-state index contributed by atoms with van der Waals surface area (Å²) in [5, 5.41) is 10.8. The highest BCUT2D eigenvalue weighted by Gasteiger charge is 2.43. The molecule has 16 heteroatoms. The predicted octanol–water partition coefficient (Wildman–Crippen LogP) is 5.03. The molecule has 234 valence electrons. The monoisotopic (exact) mass is 616 g/mol. The topological polar surface area (TPSA) is 138 Å². The maximum absolute atomic E-state index is 14.1. The molecule has 0 saturated heterocycles. The number of primary amides is 1. The first-order valence-corrected chi connectivity index (χ1v) is 13.9. The van der Waals surface area contributed by atoms with E-state index < -0.39 is 80.8 Å². The lowest BCUT2D eigenvalue weighted by Gasteiger charge is -2.32. The summed E-state index contributed by atoms with van der Waals surface area (Å²) in [6.07, 6.45) is -2.43. The van der Waals surface area contributed by atoms with Gasteiger partial charge in [-0.25, -0.2) is 22.7 Å². The average Bonchev–Trinajstić information content (AvgIpc) is 3.56. The van der Waals surface area contributed by atoms with E-state index >= 15 is 0 Å². The van der Waals surface area contributed by atoms with Gasteiger partial charge in [0, 0.05) is 19.3 Å². The molecule has 2 atom stereocenters. The van der Waals surface area contributed by atoms with Crippen LogP contribution in [0.2, 0.25) is 0 Å². The first kappa shape index (κ1) is 30.6. The van der Waals surface area contributed by atoms with Crippen LogP contribution in [0.15, 0.2) is 23.0 Å². The van der Waals surface area contributed by atoms with Crippen molar-refractivity contribution in [2.45, 2.75) is 75.4 Å². The van der Waals surface area contributed by atoms with Crippen molar-refractivity contribution in [3.05, 3.63) is 41.2 Å². The zero-order chi connectivity index (χ0) is 30.9. The summed E-state index contributed by atoms with van der Waals surface area (Å²) in [5.74, 6) is -6.00. The average molecular weight is 617 g/mol. The Morgan fingerprint density at radius 3 is 2.53 bits per heavy atom. The smallest absolute Gasteiger partial charge is 0.389 e. The fraction of sp³-hybridized carbons (Fsp3) is 0.593. The number of ether oxygens (including phenoxy) is 1. The highest BCUT2D eigenvalue weighted by molar-refractivity contribution is 5.93. The van der Waals surface area contributed by atoms with Gasteiger partial charge in [0.25, 0.3) is 5.91 Å². The number of rotatable bonds is 12. The number of amides is 2. The molecule has 2 aliphatic rings. The number of nitrogens with two attached hydrogens (primary N) is 1. The molecule has 0 spiro atoms. The van der Waals surface area contributed by atoms with Gasteiger partial charge in [0.05, 0.1) is 36.5 Å². The van der Waals surface area contributed by atoms with Gasteiger partial charge >= 0.3 is 6.18 Å². The molecule has 0 radical (unpaired) electrons. The fourth-order valence-electron chi connectivity index (χ4n) is 5.55. The van der Waals surface area contributed by atoms with E-state index in [2.05, 4.69) is 20.6 Å². The van der Waals surface area contributed by atoms with Crippen LogP contribution in [0, 0.1) is 11.8 Å². The van der Waals surface area contributed by atoms with Crippen molar-refractivity contribution in [3.8, 4) is 5.75 Å². The van der Waals surface area contributed by atoms with Crippen LogP contribution in [-0.4, -0.2) is 56.9 Å². The van der Waals surface area contributed by atoms with Crippen molar-refractivity contribution in [2.24, 2.45) is 17.6 Å². The Labute approximate surface area is 241 Å². The zero-order valence-corrected chi connectivity index (χ0v) is 22.9. The normalized spacial score (nSPS) is 18.8. The van der Waals surface area contributed by atoms with Crippen molar-refractivity contribution >= 4 is 17.5 Å². The number of alkyl halides is 6. The lowest BCUT2D eigenvalue weighted by Crippen LogP contribution is -2.30. The van der Waals surface area contributed by atoms with Crippen LogP contribution in [-0.2, 0) is 4.79 Å². The van der Waals surface area contributed by atoms with Crippen molar-refractivity contribution in [2.75, 3.05) is 13.3 Å². The van der Waals surface area contributed by atoms with Gasteiger partial charge in [-0.05, 0) is 49.1 Å². The van der Waals surface area contributed by atoms with Gasteiger partial charge in [0.2, 0.25) is 17.5 Å². The Kier molecular flexibility index (Phi) is 8.56. The van der Waals surface area contributed by atoms with E-state index in [0.29, 0.717) is 16.9 Å². The lowest BCUT2D eigenvalue weighted by molar-refractivity contribution is -0.144.